The van der Waals surface area contributed by atoms with Crippen LogP contribution < -0.4 is 0 Å². The first-order valence-electron chi connectivity index (χ1n) is 15.7. The van der Waals surface area contributed by atoms with Gasteiger partial charge in [-0.25, -0.2) is 9.36 Å². The van der Waals surface area contributed by atoms with Crippen molar-refractivity contribution in [1.29, 1.82) is 0 Å². The Balaban J connectivity index is 1.49. The highest BCUT2D eigenvalue weighted by molar-refractivity contribution is 7.48. The van der Waals surface area contributed by atoms with Crippen LogP contribution in [0.15, 0.2) is 109 Å². The second-order valence-electron chi connectivity index (χ2n) is 11.5. The lowest BCUT2D eigenvalue weighted by Crippen LogP contribution is -2.35. The molecule has 2 atom stereocenters. The zero-order valence-corrected chi connectivity index (χ0v) is 30.0. The van der Waals surface area contributed by atoms with E-state index in [1.165, 1.54) is 0 Å². The summed E-state index contributed by atoms with van der Waals surface area (Å²) in [4.78, 5) is 13.2. The Bertz CT molecular complexity index is 1950. The number of esters is 1. The highest BCUT2D eigenvalue weighted by Crippen LogP contribution is 2.53. The third-order valence-electron chi connectivity index (χ3n) is 7.66. The largest absolute Gasteiger partial charge is 0.485 e. The molecule has 1 N–H and O–H groups in total. The van der Waals surface area contributed by atoms with Crippen molar-refractivity contribution in [1.82, 2.24) is 0 Å². The molecule has 0 saturated heterocycles. The van der Waals surface area contributed by atoms with Crippen LogP contribution in [0.3, 0.4) is 0 Å². The average Bonchev–Trinajstić information content (AvgIpc) is 3.45. The third-order valence-corrected chi connectivity index (χ3v) is 9.55. The van der Waals surface area contributed by atoms with Gasteiger partial charge in [-0.1, -0.05) is 96.0 Å². The Labute approximate surface area is 314 Å². The van der Waals surface area contributed by atoms with Gasteiger partial charge in [0.25, 0.3) is 0 Å². The molecule has 5 rings (SSSR count). The second kappa shape index (κ2) is 17.6. The van der Waals surface area contributed by atoms with Crippen molar-refractivity contribution in [3.63, 3.8) is 0 Å². The number of alkyl halides is 6. The fourth-order valence-corrected chi connectivity index (χ4v) is 6.72. The molecule has 0 spiro atoms. The number of cyclic esters (lactones) is 1. The zero-order chi connectivity index (χ0) is 39.1. The molecule has 0 bridgehead atoms. The summed E-state index contributed by atoms with van der Waals surface area (Å²) in [5.74, 6) is -2.91. The van der Waals surface area contributed by atoms with Crippen LogP contribution >= 0.6 is 31.0 Å². The minimum atomic E-state index is -4.91. The van der Waals surface area contributed by atoms with Gasteiger partial charge in [0, 0.05) is 21.2 Å². The minimum absolute atomic E-state index is 0.241. The number of phosphoric ester groups is 1. The van der Waals surface area contributed by atoms with Crippen LogP contribution in [0.5, 0.6) is 0 Å². The summed E-state index contributed by atoms with van der Waals surface area (Å²) >= 11 is 11.6. The van der Waals surface area contributed by atoms with Crippen LogP contribution in [-0.2, 0) is 75.9 Å². The Hall–Kier alpha value is -4.08. The minimum Gasteiger partial charge on any atom is -0.485 e. The average molecular weight is 821 g/mol. The monoisotopic (exact) mass is 820 g/mol. The van der Waals surface area contributed by atoms with Crippen LogP contribution in [0.2, 0.25) is 10.0 Å². The number of carbonyl (C=O) groups excluding carboxylic acids is 1. The number of halogens is 8. The smallest absolute Gasteiger partial charge is 0.475 e. The van der Waals surface area contributed by atoms with Gasteiger partial charge >= 0.3 is 26.1 Å². The molecule has 0 radical (unpaired) electrons. The number of aliphatic hydroxyl groups excluding tert-OH is 1. The van der Waals surface area contributed by atoms with Crippen molar-refractivity contribution < 1.29 is 68.6 Å². The number of carbonyl (C=O) groups is 1. The molecular formula is C36H29Cl2F6O9P. The molecular weight excluding hydrogens is 792 g/mol. The van der Waals surface area contributed by atoms with Gasteiger partial charge in [-0.05, 0) is 35.4 Å². The molecule has 0 fully saturated rings. The molecule has 288 valence electrons. The van der Waals surface area contributed by atoms with Crippen molar-refractivity contribution in [3.05, 3.63) is 152 Å². The maximum Gasteiger partial charge on any atom is 0.475 e. The summed E-state index contributed by atoms with van der Waals surface area (Å²) in [7, 11) is -4.72. The highest BCUT2D eigenvalue weighted by atomic mass is 35.5. The van der Waals surface area contributed by atoms with Gasteiger partial charge in [-0.2, -0.15) is 26.3 Å². The molecule has 0 amide bonds. The van der Waals surface area contributed by atoms with Crippen LogP contribution in [0, 0.1) is 0 Å². The van der Waals surface area contributed by atoms with E-state index in [2.05, 4.69) is 0 Å². The molecule has 0 saturated carbocycles. The first-order valence-corrected chi connectivity index (χ1v) is 18.0. The standard InChI is InChI=1S/C36H29Cl2F6O9P/c37-26-13-11-24(28(15-26)35(39,40)41)20-48-32-31(52-34(46)33(32)49-21-25-12-14-27(38)16-29(25)36(42,43)44)30(17-45)53-54(47,50-18-22-7-3-1-4-8-22)51-19-23-9-5-2-6-10-23/h1-16,30-31,45H,17-21H2/t30-,31+/m0/s1. The Morgan fingerprint density at radius 2 is 1.17 bits per heavy atom. The lowest BCUT2D eigenvalue weighted by atomic mass is 10.1. The zero-order valence-electron chi connectivity index (χ0n) is 27.6. The fourth-order valence-electron chi connectivity index (χ4n) is 5.06. The van der Waals surface area contributed by atoms with E-state index in [0.29, 0.717) is 23.3 Å². The predicted octanol–water partition coefficient (Wildman–Crippen LogP) is 9.82. The molecule has 18 heteroatoms. The van der Waals surface area contributed by atoms with Gasteiger partial charge < -0.3 is 19.3 Å². The first kappa shape index (κ1) is 41.1. The molecule has 0 aliphatic carbocycles. The number of phosphoric acid groups is 1. The molecule has 0 unspecified atom stereocenters. The van der Waals surface area contributed by atoms with Gasteiger partial charge in [0.15, 0.2) is 11.9 Å². The van der Waals surface area contributed by atoms with Gasteiger partial charge in [-0.15, -0.1) is 0 Å². The lowest BCUT2D eigenvalue weighted by Gasteiger charge is -2.27. The van der Waals surface area contributed by atoms with E-state index >= 15 is 0 Å². The highest BCUT2D eigenvalue weighted by Gasteiger charge is 2.47. The van der Waals surface area contributed by atoms with E-state index in [-0.39, 0.29) is 23.3 Å². The fraction of sp³-hybridized carbons (Fsp3) is 0.250. The summed E-state index contributed by atoms with van der Waals surface area (Å²) in [5, 5.41) is 9.98. The molecule has 4 aromatic carbocycles. The normalized spacial score (nSPS) is 15.6. The number of rotatable bonds is 16. The number of benzene rings is 4. The number of hydrogen-bond acceptors (Lipinski definition) is 9. The molecule has 0 aromatic heterocycles. The Kier molecular flexibility index (Phi) is 13.4. The van der Waals surface area contributed by atoms with Gasteiger partial charge in [0.2, 0.25) is 5.76 Å². The molecule has 54 heavy (non-hydrogen) atoms. The van der Waals surface area contributed by atoms with Crippen LogP contribution in [-0.4, -0.2) is 29.9 Å². The summed E-state index contributed by atoms with van der Waals surface area (Å²) in [6.07, 6.45) is -13.5. The van der Waals surface area contributed by atoms with Crippen LogP contribution in [0.1, 0.15) is 33.4 Å². The molecule has 1 aliphatic rings. The van der Waals surface area contributed by atoms with E-state index in [1.54, 1.807) is 60.7 Å². The van der Waals surface area contributed by atoms with Crippen molar-refractivity contribution in [3.8, 4) is 0 Å². The van der Waals surface area contributed by atoms with Crippen molar-refractivity contribution in [2.75, 3.05) is 6.61 Å². The van der Waals surface area contributed by atoms with E-state index in [1.807, 2.05) is 0 Å². The molecule has 4 aromatic rings. The van der Waals surface area contributed by atoms with Crippen molar-refractivity contribution in [2.45, 2.75) is 51.0 Å². The molecule has 1 heterocycles. The van der Waals surface area contributed by atoms with Gasteiger partial charge in [-0.3, -0.25) is 13.6 Å². The number of ether oxygens (including phenoxy) is 3. The summed E-state index contributed by atoms with van der Waals surface area (Å²) in [5.41, 5.74) is -2.25. The lowest BCUT2D eigenvalue weighted by molar-refractivity contribution is -0.148. The molecule has 9 nitrogen and oxygen atoms in total. The van der Waals surface area contributed by atoms with Gasteiger partial charge in [0.1, 0.15) is 19.3 Å². The first-order chi connectivity index (χ1) is 25.6. The number of hydrogen-bond donors (Lipinski definition) is 1. The summed E-state index contributed by atoms with van der Waals surface area (Å²) in [6, 6.07) is 22.4. The maximum atomic E-state index is 14.1. The van der Waals surface area contributed by atoms with Crippen molar-refractivity contribution >= 4 is 37.0 Å². The maximum absolute atomic E-state index is 14.1. The van der Waals surface area contributed by atoms with Crippen molar-refractivity contribution in [2.24, 2.45) is 0 Å². The van der Waals surface area contributed by atoms with Gasteiger partial charge in [0.05, 0.1) is 30.9 Å². The van der Waals surface area contributed by atoms with E-state index < -0.39 is 91.9 Å². The molecule has 1 aliphatic heterocycles. The van der Waals surface area contributed by atoms with E-state index in [9.17, 15) is 40.8 Å². The SMILES string of the molecule is O=C1O[C@H]([C@H](CO)OP(=O)(OCc2ccccc2)OCc2ccccc2)C(OCc2ccc(Cl)cc2C(F)(F)F)=C1OCc1ccc(Cl)cc1C(F)(F)F. The van der Waals surface area contributed by atoms with E-state index in [0.717, 1.165) is 24.3 Å². The number of aliphatic hydroxyl groups is 1. The van der Waals surface area contributed by atoms with E-state index in [4.69, 9.17) is 51.0 Å². The quantitative estimate of drug-likeness (QED) is 0.0671. The second-order valence-corrected chi connectivity index (χ2v) is 14.0. The Morgan fingerprint density at radius 3 is 1.61 bits per heavy atom. The summed E-state index contributed by atoms with van der Waals surface area (Å²) in [6.45, 7) is -3.55. The van der Waals surface area contributed by atoms with Crippen LogP contribution in [0.4, 0.5) is 26.3 Å². The van der Waals surface area contributed by atoms with Crippen LogP contribution in [0.25, 0.3) is 0 Å². The third kappa shape index (κ3) is 10.8. The topological polar surface area (TPSA) is 110 Å². The predicted molar refractivity (Wildman–Crippen MR) is 181 cm³/mol. The summed E-state index contributed by atoms with van der Waals surface area (Å²) < 4.78 is 131. The Morgan fingerprint density at radius 1 is 0.704 bits per heavy atom.